The maximum Gasteiger partial charge on any atom is 0.234 e. The van der Waals surface area contributed by atoms with Crippen LogP contribution in [0, 0.1) is 5.92 Å². The molecule has 4 heteroatoms. The van der Waals surface area contributed by atoms with Crippen LogP contribution in [0.1, 0.15) is 61.5 Å². The first-order valence-corrected chi connectivity index (χ1v) is 8.61. The van der Waals surface area contributed by atoms with Gasteiger partial charge in [-0.3, -0.25) is 14.9 Å². The number of benzene rings is 1. The van der Waals surface area contributed by atoms with Crippen LogP contribution in [0.15, 0.2) is 24.3 Å². The Balaban J connectivity index is 1.65. The largest absolute Gasteiger partial charge is 0.296 e. The van der Waals surface area contributed by atoms with Gasteiger partial charge < -0.3 is 0 Å². The predicted molar refractivity (Wildman–Crippen MR) is 89.6 cm³/mol. The molecule has 1 heterocycles. The van der Waals surface area contributed by atoms with Crippen molar-refractivity contribution >= 4 is 19.7 Å². The molecule has 1 saturated heterocycles. The van der Waals surface area contributed by atoms with Crippen molar-refractivity contribution in [2.75, 3.05) is 0 Å². The lowest BCUT2D eigenvalue weighted by atomic mass is 9.74. The third kappa shape index (κ3) is 3.26. The van der Waals surface area contributed by atoms with Gasteiger partial charge in [-0.25, -0.2) is 0 Å². The zero-order valence-electron chi connectivity index (χ0n) is 13.3. The summed E-state index contributed by atoms with van der Waals surface area (Å²) in [6.07, 6.45) is 7.64. The lowest BCUT2D eigenvalue weighted by Gasteiger charge is -2.28. The minimum absolute atomic E-state index is 0.146. The Kier molecular flexibility index (Phi) is 4.65. The van der Waals surface area contributed by atoms with Crippen LogP contribution in [0.4, 0.5) is 0 Å². The Labute approximate surface area is 133 Å². The Hall–Kier alpha value is -1.58. The number of imide groups is 1. The standard InChI is InChI=1S/C18H24BNO2/c19-11-12-1-3-13(4-2-12)14-5-7-15(8-6-14)16-9-10-17(21)20-18(16)22/h5-8,12-13,16H,1-4,9-11,19H2,(H,20,21,22). The van der Waals surface area contributed by atoms with E-state index in [0.29, 0.717) is 18.8 Å². The third-order valence-electron chi connectivity index (χ3n) is 5.47. The first-order chi connectivity index (χ1) is 10.7. The van der Waals surface area contributed by atoms with Crippen LogP contribution in [0.2, 0.25) is 6.32 Å². The molecule has 1 aromatic carbocycles. The molecule has 2 amide bonds. The number of hydrogen-bond donors (Lipinski definition) is 1. The molecule has 1 N–H and O–H groups in total. The second-order valence-corrected chi connectivity index (χ2v) is 6.80. The predicted octanol–water partition coefficient (Wildman–Crippen LogP) is 2.53. The fourth-order valence-corrected chi connectivity index (χ4v) is 3.92. The molecule has 1 aromatic rings. The van der Waals surface area contributed by atoms with Gasteiger partial charge in [0.2, 0.25) is 11.8 Å². The third-order valence-corrected chi connectivity index (χ3v) is 5.47. The van der Waals surface area contributed by atoms with Gasteiger partial charge in [0.05, 0.1) is 5.92 Å². The summed E-state index contributed by atoms with van der Waals surface area (Å²) >= 11 is 0. The highest BCUT2D eigenvalue weighted by molar-refractivity contribution is 6.08. The molecular weight excluding hydrogens is 273 g/mol. The number of hydrogen-bond acceptors (Lipinski definition) is 2. The van der Waals surface area contributed by atoms with Gasteiger partial charge in [0.25, 0.3) is 0 Å². The van der Waals surface area contributed by atoms with E-state index in [-0.39, 0.29) is 17.7 Å². The number of nitrogens with one attached hydrogen (secondary N) is 1. The molecule has 2 fully saturated rings. The number of carbonyl (C=O) groups is 2. The maximum atomic E-state index is 11.9. The minimum atomic E-state index is -0.164. The van der Waals surface area contributed by atoms with E-state index in [0.717, 1.165) is 11.5 Å². The summed E-state index contributed by atoms with van der Waals surface area (Å²) in [4.78, 5) is 23.2. The first kappa shape index (κ1) is 15.3. The normalized spacial score (nSPS) is 29.2. The van der Waals surface area contributed by atoms with Crippen molar-refractivity contribution < 1.29 is 9.59 Å². The molecule has 0 bridgehead atoms. The number of carbonyl (C=O) groups excluding carboxylic acids is 2. The molecule has 116 valence electrons. The molecule has 0 radical (unpaired) electrons. The zero-order chi connectivity index (χ0) is 15.5. The molecule has 1 aliphatic heterocycles. The van der Waals surface area contributed by atoms with Crippen LogP contribution in [-0.4, -0.2) is 19.7 Å². The summed E-state index contributed by atoms with van der Waals surface area (Å²) in [5.74, 6) is 1.14. The van der Waals surface area contributed by atoms with E-state index in [4.69, 9.17) is 0 Å². The summed E-state index contributed by atoms with van der Waals surface area (Å²) in [5, 5.41) is 2.44. The lowest BCUT2D eigenvalue weighted by Crippen LogP contribution is -2.39. The molecule has 0 spiro atoms. The van der Waals surface area contributed by atoms with Gasteiger partial charge in [0.1, 0.15) is 7.85 Å². The maximum absolute atomic E-state index is 11.9. The smallest absolute Gasteiger partial charge is 0.234 e. The number of amides is 2. The summed E-state index contributed by atoms with van der Waals surface area (Å²) in [6.45, 7) is 0. The highest BCUT2D eigenvalue weighted by Gasteiger charge is 2.28. The van der Waals surface area contributed by atoms with E-state index >= 15 is 0 Å². The Morgan fingerprint density at radius 2 is 1.59 bits per heavy atom. The van der Waals surface area contributed by atoms with Crippen LogP contribution in [-0.2, 0) is 9.59 Å². The molecular formula is C18H24BNO2. The van der Waals surface area contributed by atoms with E-state index in [1.807, 2.05) is 0 Å². The molecule has 1 unspecified atom stereocenters. The van der Waals surface area contributed by atoms with E-state index in [1.54, 1.807) is 0 Å². The Morgan fingerprint density at radius 3 is 2.18 bits per heavy atom. The van der Waals surface area contributed by atoms with Crippen molar-refractivity contribution in [1.82, 2.24) is 5.32 Å². The van der Waals surface area contributed by atoms with E-state index in [9.17, 15) is 9.59 Å². The van der Waals surface area contributed by atoms with Crippen molar-refractivity contribution in [2.45, 2.75) is 56.7 Å². The van der Waals surface area contributed by atoms with Crippen LogP contribution in [0.3, 0.4) is 0 Å². The molecule has 1 saturated carbocycles. The summed E-state index contributed by atoms with van der Waals surface area (Å²) < 4.78 is 0. The highest BCUT2D eigenvalue weighted by Crippen LogP contribution is 2.37. The topological polar surface area (TPSA) is 46.2 Å². The molecule has 3 rings (SSSR count). The lowest BCUT2D eigenvalue weighted by molar-refractivity contribution is -0.134. The molecule has 1 atom stereocenters. The van der Waals surface area contributed by atoms with Gasteiger partial charge >= 0.3 is 0 Å². The average Bonchev–Trinajstić information content (AvgIpc) is 2.55. The molecule has 0 aromatic heterocycles. The van der Waals surface area contributed by atoms with Gasteiger partial charge in [-0.1, -0.05) is 43.4 Å². The van der Waals surface area contributed by atoms with Crippen LogP contribution in [0.5, 0.6) is 0 Å². The molecule has 1 aliphatic carbocycles. The zero-order valence-corrected chi connectivity index (χ0v) is 13.3. The number of rotatable bonds is 3. The fraction of sp³-hybridized carbons (Fsp3) is 0.556. The molecule has 3 nitrogen and oxygen atoms in total. The van der Waals surface area contributed by atoms with Crippen molar-refractivity contribution in [2.24, 2.45) is 5.92 Å². The molecule has 22 heavy (non-hydrogen) atoms. The van der Waals surface area contributed by atoms with E-state index in [2.05, 4.69) is 37.4 Å². The van der Waals surface area contributed by atoms with Gasteiger partial charge in [0, 0.05) is 6.42 Å². The first-order valence-electron chi connectivity index (χ1n) is 8.61. The van der Waals surface area contributed by atoms with Crippen LogP contribution in [0.25, 0.3) is 0 Å². The van der Waals surface area contributed by atoms with E-state index < -0.39 is 0 Å². The summed E-state index contributed by atoms with van der Waals surface area (Å²) in [5.41, 5.74) is 2.45. The van der Waals surface area contributed by atoms with Crippen molar-refractivity contribution in [3.05, 3.63) is 35.4 Å². The van der Waals surface area contributed by atoms with Gasteiger partial charge in [-0.2, -0.15) is 0 Å². The fourth-order valence-electron chi connectivity index (χ4n) is 3.92. The van der Waals surface area contributed by atoms with Crippen molar-refractivity contribution in [3.63, 3.8) is 0 Å². The Bertz CT molecular complexity index is 547. The second kappa shape index (κ2) is 6.68. The SMILES string of the molecule is BCC1CCC(c2ccc(C3CCC(=O)NC3=O)cc2)CC1. The van der Waals surface area contributed by atoms with E-state index in [1.165, 1.54) is 37.6 Å². The van der Waals surface area contributed by atoms with Gasteiger partial charge in [0.15, 0.2) is 0 Å². The van der Waals surface area contributed by atoms with Crippen LogP contribution >= 0.6 is 0 Å². The Morgan fingerprint density at radius 1 is 0.955 bits per heavy atom. The average molecular weight is 297 g/mol. The van der Waals surface area contributed by atoms with Gasteiger partial charge in [-0.15, -0.1) is 0 Å². The monoisotopic (exact) mass is 297 g/mol. The quantitative estimate of drug-likeness (QED) is 0.688. The number of piperidine rings is 1. The summed E-state index contributed by atoms with van der Waals surface area (Å²) in [7, 11) is 2.29. The summed E-state index contributed by atoms with van der Waals surface area (Å²) in [6, 6.07) is 8.55. The van der Waals surface area contributed by atoms with Crippen LogP contribution < -0.4 is 5.32 Å². The second-order valence-electron chi connectivity index (χ2n) is 6.80. The van der Waals surface area contributed by atoms with Crippen molar-refractivity contribution in [1.29, 1.82) is 0 Å². The van der Waals surface area contributed by atoms with Gasteiger partial charge in [-0.05, 0) is 42.2 Å². The van der Waals surface area contributed by atoms with Crippen molar-refractivity contribution in [3.8, 4) is 0 Å². The molecule has 2 aliphatic rings. The highest BCUT2D eigenvalue weighted by atomic mass is 16.2. The minimum Gasteiger partial charge on any atom is -0.296 e.